The minimum atomic E-state index is -0.00490. The first-order chi connectivity index (χ1) is 12.7. The van der Waals surface area contributed by atoms with Gasteiger partial charge in [0.05, 0.1) is 26.3 Å². The second kappa shape index (κ2) is 6.95. The zero-order valence-electron chi connectivity index (χ0n) is 14.4. The van der Waals surface area contributed by atoms with E-state index >= 15 is 0 Å². The Labute approximate surface area is 159 Å². The second-order valence-electron chi connectivity index (χ2n) is 6.06. The third kappa shape index (κ3) is 3.01. The van der Waals surface area contributed by atoms with Crippen molar-refractivity contribution in [1.29, 1.82) is 0 Å². The van der Waals surface area contributed by atoms with Crippen LogP contribution in [0.15, 0.2) is 46.9 Å². The van der Waals surface area contributed by atoms with Gasteiger partial charge in [0, 0.05) is 4.47 Å². The lowest BCUT2D eigenvalue weighted by Crippen LogP contribution is -2.28. The molecular formula is C18H18BrN5O2. The maximum absolute atomic E-state index is 5.46. The third-order valence-corrected chi connectivity index (χ3v) is 5.14. The maximum Gasteiger partial charge on any atom is 0.243 e. The van der Waals surface area contributed by atoms with Crippen LogP contribution in [0.25, 0.3) is 0 Å². The number of hydrogen-bond acceptors (Lipinski definition) is 6. The summed E-state index contributed by atoms with van der Waals surface area (Å²) in [5.41, 5.74) is 2.26. The molecule has 1 aliphatic heterocycles. The summed E-state index contributed by atoms with van der Waals surface area (Å²) >= 11 is 3.48. The molecule has 134 valence electrons. The number of fused-ring (bicyclic) bond motifs is 1. The second-order valence-corrected chi connectivity index (χ2v) is 6.98. The molecule has 26 heavy (non-hydrogen) atoms. The number of methoxy groups -OCH3 is 2. The summed E-state index contributed by atoms with van der Waals surface area (Å²) in [4.78, 5) is 0. The molecule has 0 amide bonds. The first-order valence-electron chi connectivity index (χ1n) is 8.21. The lowest BCUT2D eigenvalue weighted by molar-refractivity contribution is 0.352. The molecule has 0 spiro atoms. The molecule has 4 rings (SSSR count). The predicted molar refractivity (Wildman–Crippen MR) is 101 cm³/mol. The molecule has 0 saturated heterocycles. The highest BCUT2D eigenvalue weighted by atomic mass is 79.9. The maximum atomic E-state index is 5.46. The molecule has 1 aliphatic rings. The number of benzene rings is 2. The number of aromatic nitrogens is 4. The highest BCUT2D eigenvalue weighted by Gasteiger charge is 2.31. The smallest absolute Gasteiger partial charge is 0.243 e. The molecule has 0 radical (unpaired) electrons. The number of hydrogen-bond donors (Lipinski definition) is 1. The molecule has 3 aromatic rings. The number of halogens is 1. The van der Waals surface area contributed by atoms with Crippen molar-refractivity contribution in [3.8, 4) is 11.5 Å². The van der Waals surface area contributed by atoms with Gasteiger partial charge in [-0.05, 0) is 52.2 Å². The number of rotatable bonds is 4. The Balaban J connectivity index is 1.72. The monoisotopic (exact) mass is 415 g/mol. The SMILES string of the molecule is COc1ccc([C@H]2C[C@H](c3ccc(Br)cc3)Nc3nnnn32)cc1OC. The van der Waals surface area contributed by atoms with Crippen molar-refractivity contribution in [2.45, 2.75) is 18.5 Å². The van der Waals surface area contributed by atoms with Crippen LogP contribution in [0, 0.1) is 0 Å². The van der Waals surface area contributed by atoms with E-state index in [1.807, 2.05) is 35.0 Å². The molecule has 2 aromatic carbocycles. The highest BCUT2D eigenvalue weighted by molar-refractivity contribution is 9.10. The van der Waals surface area contributed by atoms with Crippen LogP contribution in [-0.4, -0.2) is 34.4 Å². The summed E-state index contributed by atoms with van der Waals surface area (Å²) in [6, 6.07) is 14.3. The first kappa shape index (κ1) is 16.8. The van der Waals surface area contributed by atoms with Crippen LogP contribution in [0.2, 0.25) is 0 Å². The van der Waals surface area contributed by atoms with Crippen molar-refractivity contribution >= 4 is 21.9 Å². The third-order valence-electron chi connectivity index (χ3n) is 4.62. The Kier molecular flexibility index (Phi) is 4.50. The van der Waals surface area contributed by atoms with Crippen LogP contribution in [-0.2, 0) is 0 Å². The fraction of sp³-hybridized carbons (Fsp3) is 0.278. The summed E-state index contributed by atoms with van der Waals surface area (Å²) < 4.78 is 13.7. The van der Waals surface area contributed by atoms with Crippen molar-refractivity contribution in [3.63, 3.8) is 0 Å². The van der Waals surface area contributed by atoms with Crippen LogP contribution in [0.4, 0.5) is 5.95 Å². The lowest BCUT2D eigenvalue weighted by Gasteiger charge is -2.31. The molecule has 0 unspecified atom stereocenters. The van der Waals surface area contributed by atoms with E-state index in [4.69, 9.17) is 9.47 Å². The van der Waals surface area contributed by atoms with E-state index in [0.717, 1.165) is 16.5 Å². The van der Waals surface area contributed by atoms with Crippen LogP contribution in [0.3, 0.4) is 0 Å². The van der Waals surface area contributed by atoms with Crippen molar-refractivity contribution in [1.82, 2.24) is 20.2 Å². The molecule has 2 atom stereocenters. The van der Waals surface area contributed by atoms with Crippen LogP contribution >= 0.6 is 15.9 Å². The van der Waals surface area contributed by atoms with E-state index in [9.17, 15) is 0 Å². The van der Waals surface area contributed by atoms with Crippen molar-refractivity contribution < 1.29 is 9.47 Å². The van der Waals surface area contributed by atoms with E-state index in [2.05, 4.69) is 48.9 Å². The number of anilines is 1. The molecule has 0 fully saturated rings. The molecule has 0 bridgehead atoms. The number of nitrogens with one attached hydrogen (secondary N) is 1. The Morgan fingerprint density at radius 3 is 2.50 bits per heavy atom. The number of nitrogens with zero attached hydrogens (tertiary/aromatic N) is 4. The van der Waals surface area contributed by atoms with Gasteiger partial charge >= 0.3 is 0 Å². The number of tetrazole rings is 1. The molecule has 8 heteroatoms. The molecule has 0 aliphatic carbocycles. The van der Waals surface area contributed by atoms with Crippen molar-refractivity contribution in [2.75, 3.05) is 19.5 Å². The van der Waals surface area contributed by atoms with Gasteiger partial charge in [-0.25, -0.2) is 4.68 Å². The van der Waals surface area contributed by atoms with Gasteiger partial charge in [-0.1, -0.05) is 39.2 Å². The molecule has 1 aromatic heterocycles. The summed E-state index contributed by atoms with van der Waals surface area (Å²) in [6.07, 6.45) is 0.815. The molecule has 7 nitrogen and oxygen atoms in total. The first-order valence-corrected chi connectivity index (χ1v) is 9.00. The van der Waals surface area contributed by atoms with Crippen molar-refractivity contribution in [2.24, 2.45) is 0 Å². The van der Waals surface area contributed by atoms with Gasteiger partial charge in [0.1, 0.15) is 0 Å². The molecule has 1 N–H and O–H groups in total. The van der Waals surface area contributed by atoms with Gasteiger partial charge < -0.3 is 14.8 Å². The summed E-state index contributed by atoms with van der Waals surface area (Å²) in [6.45, 7) is 0. The zero-order chi connectivity index (χ0) is 18.1. The normalized spacial score (nSPS) is 18.7. The molecule has 0 saturated carbocycles. The van der Waals surface area contributed by atoms with Gasteiger partial charge in [-0.3, -0.25) is 0 Å². The van der Waals surface area contributed by atoms with E-state index in [1.54, 1.807) is 14.2 Å². The Morgan fingerprint density at radius 2 is 1.77 bits per heavy atom. The van der Waals surface area contributed by atoms with Gasteiger partial charge in [-0.15, -0.1) is 0 Å². The van der Waals surface area contributed by atoms with Gasteiger partial charge in [0.15, 0.2) is 11.5 Å². The highest BCUT2D eigenvalue weighted by Crippen LogP contribution is 2.39. The van der Waals surface area contributed by atoms with E-state index in [1.165, 1.54) is 5.56 Å². The van der Waals surface area contributed by atoms with Gasteiger partial charge in [-0.2, -0.15) is 0 Å². The fourth-order valence-electron chi connectivity index (χ4n) is 3.29. The Bertz CT molecular complexity index is 912. The Hall–Kier alpha value is -2.61. The summed E-state index contributed by atoms with van der Waals surface area (Å²) in [5, 5.41) is 15.6. The van der Waals surface area contributed by atoms with Gasteiger partial charge in [0.2, 0.25) is 5.95 Å². The van der Waals surface area contributed by atoms with E-state index in [0.29, 0.717) is 17.4 Å². The quantitative estimate of drug-likeness (QED) is 0.701. The predicted octanol–water partition coefficient (Wildman–Crippen LogP) is 3.60. The van der Waals surface area contributed by atoms with Gasteiger partial charge in [0.25, 0.3) is 0 Å². The molecule has 2 heterocycles. The molecular weight excluding hydrogens is 398 g/mol. The number of ether oxygens (including phenoxy) is 2. The lowest BCUT2D eigenvalue weighted by atomic mass is 9.93. The standard InChI is InChI=1S/C18H18BrN5O2/c1-25-16-8-5-12(9-17(16)26-2)15-10-14(11-3-6-13(19)7-4-11)20-18-21-22-23-24(15)18/h3-9,14-15H,10H2,1-2H3,(H,20,21,23)/t14-,15-/m1/s1. The summed E-state index contributed by atoms with van der Waals surface area (Å²) in [5.74, 6) is 2.05. The zero-order valence-corrected chi connectivity index (χ0v) is 16.0. The van der Waals surface area contributed by atoms with E-state index < -0.39 is 0 Å². The topological polar surface area (TPSA) is 74.1 Å². The average Bonchev–Trinajstić information content (AvgIpc) is 3.16. The average molecular weight is 416 g/mol. The van der Waals surface area contributed by atoms with Crippen LogP contribution < -0.4 is 14.8 Å². The minimum absolute atomic E-state index is 0.00490. The van der Waals surface area contributed by atoms with Crippen molar-refractivity contribution in [3.05, 3.63) is 58.1 Å². The van der Waals surface area contributed by atoms with E-state index in [-0.39, 0.29) is 12.1 Å². The van der Waals surface area contributed by atoms with Crippen LogP contribution in [0.1, 0.15) is 29.6 Å². The summed E-state index contributed by atoms with van der Waals surface area (Å²) in [7, 11) is 3.27. The largest absolute Gasteiger partial charge is 0.493 e. The minimum Gasteiger partial charge on any atom is -0.493 e. The van der Waals surface area contributed by atoms with Crippen LogP contribution in [0.5, 0.6) is 11.5 Å². The fourth-order valence-corrected chi connectivity index (χ4v) is 3.55. The Morgan fingerprint density at radius 1 is 1.04 bits per heavy atom.